The largest absolute Gasteiger partial charge is 0.306 e. The highest BCUT2D eigenvalue weighted by Crippen LogP contribution is 2.60. The second kappa shape index (κ2) is 7.03. The van der Waals surface area contributed by atoms with E-state index >= 15 is 4.39 Å². The van der Waals surface area contributed by atoms with Crippen LogP contribution in [0.3, 0.4) is 0 Å². The molecule has 0 unspecified atom stereocenters. The number of rotatable bonds is 6. The molecule has 0 N–H and O–H groups in total. The maximum atomic E-state index is 15.3. The first-order chi connectivity index (χ1) is 12.3. The van der Waals surface area contributed by atoms with Crippen LogP contribution < -0.4 is 0 Å². The molecule has 0 aromatic carbocycles. The molecule has 3 heteroatoms. The predicted molar refractivity (Wildman–Crippen MR) is 107 cm³/mol. The average molecular weight is 365 g/mol. The number of nitrogens with zero attached hydrogens (tertiary/aromatic N) is 2. The molecular formula is C23H41FN2. The zero-order chi connectivity index (χ0) is 18.4. The Morgan fingerprint density at radius 1 is 0.962 bits per heavy atom. The summed E-state index contributed by atoms with van der Waals surface area (Å²) < 4.78 is 15.3. The van der Waals surface area contributed by atoms with E-state index in [1.807, 2.05) is 0 Å². The fourth-order valence-corrected chi connectivity index (χ4v) is 6.70. The summed E-state index contributed by atoms with van der Waals surface area (Å²) in [5.41, 5.74) is 0.194. The normalized spacial score (nSPS) is 31.3. The van der Waals surface area contributed by atoms with Gasteiger partial charge in [0.2, 0.25) is 0 Å². The zero-order valence-electron chi connectivity index (χ0n) is 17.5. The molecule has 2 saturated heterocycles. The minimum atomic E-state index is -0.821. The summed E-state index contributed by atoms with van der Waals surface area (Å²) in [7, 11) is 2.19. The lowest BCUT2D eigenvalue weighted by Gasteiger charge is -2.56. The lowest BCUT2D eigenvalue weighted by atomic mass is 9.54. The minimum absolute atomic E-state index is 0.367. The Morgan fingerprint density at radius 3 is 2.12 bits per heavy atom. The van der Waals surface area contributed by atoms with Crippen molar-refractivity contribution in [2.75, 3.05) is 39.8 Å². The van der Waals surface area contributed by atoms with Crippen molar-refractivity contribution in [1.29, 1.82) is 0 Å². The van der Waals surface area contributed by atoms with Crippen LogP contribution in [0, 0.1) is 22.7 Å². The van der Waals surface area contributed by atoms with E-state index in [2.05, 4.69) is 30.7 Å². The Labute approximate surface area is 160 Å². The van der Waals surface area contributed by atoms with Crippen LogP contribution in [0.15, 0.2) is 0 Å². The van der Waals surface area contributed by atoms with Crippen LogP contribution >= 0.6 is 0 Å². The SMILES string of the molecule is CC(C)CC1(CN2CCC3(CC2)CC(F)(CC2CCN(C)CC2)C3)CC1. The summed E-state index contributed by atoms with van der Waals surface area (Å²) in [6.07, 6.45) is 11.8. The van der Waals surface area contributed by atoms with Crippen molar-refractivity contribution in [2.45, 2.75) is 83.7 Å². The quantitative estimate of drug-likeness (QED) is 0.645. The van der Waals surface area contributed by atoms with Crippen LogP contribution in [0.1, 0.15) is 78.1 Å². The topological polar surface area (TPSA) is 6.48 Å². The number of hydrogen-bond donors (Lipinski definition) is 0. The van der Waals surface area contributed by atoms with Gasteiger partial charge < -0.3 is 9.80 Å². The van der Waals surface area contributed by atoms with Gasteiger partial charge >= 0.3 is 0 Å². The van der Waals surface area contributed by atoms with Crippen molar-refractivity contribution in [3.8, 4) is 0 Å². The summed E-state index contributed by atoms with van der Waals surface area (Å²) >= 11 is 0. The van der Waals surface area contributed by atoms with E-state index in [9.17, 15) is 0 Å². The van der Waals surface area contributed by atoms with Crippen molar-refractivity contribution in [1.82, 2.24) is 9.80 Å². The van der Waals surface area contributed by atoms with Crippen LogP contribution in [0.4, 0.5) is 4.39 Å². The number of alkyl halides is 1. The highest BCUT2D eigenvalue weighted by atomic mass is 19.1. The van der Waals surface area contributed by atoms with Crippen molar-refractivity contribution in [3.05, 3.63) is 0 Å². The third-order valence-corrected chi connectivity index (χ3v) is 8.15. The molecule has 1 spiro atoms. The molecule has 2 aliphatic heterocycles. The second-order valence-electron chi connectivity index (χ2n) is 11.3. The molecule has 4 fully saturated rings. The summed E-state index contributed by atoms with van der Waals surface area (Å²) in [4.78, 5) is 5.11. The standard InChI is InChI=1S/C23H41FN2/c1-19(2)14-21(6-7-21)18-26-12-8-22(9-13-26)16-23(24,17-22)15-20-4-10-25(3)11-5-20/h19-20H,4-18H2,1-3H3. The molecule has 0 amide bonds. The molecule has 0 atom stereocenters. The van der Waals surface area contributed by atoms with Gasteiger partial charge in [-0.3, -0.25) is 0 Å². The smallest absolute Gasteiger partial charge is 0.112 e. The first-order valence-corrected chi connectivity index (χ1v) is 11.4. The van der Waals surface area contributed by atoms with Crippen LogP contribution in [0.25, 0.3) is 0 Å². The highest BCUT2D eigenvalue weighted by molar-refractivity contribution is 5.08. The first kappa shape index (κ1) is 19.2. The van der Waals surface area contributed by atoms with E-state index in [1.54, 1.807) is 0 Å². The molecule has 0 aromatic heterocycles. The van der Waals surface area contributed by atoms with Gasteiger partial charge in [0.25, 0.3) is 0 Å². The second-order valence-corrected chi connectivity index (χ2v) is 11.3. The average Bonchev–Trinajstić information content (AvgIpc) is 3.29. The zero-order valence-corrected chi connectivity index (χ0v) is 17.5. The maximum absolute atomic E-state index is 15.3. The van der Waals surface area contributed by atoms with Gasteiger partial charge in [0.05, 0.1) is 0 Å². The van der Waals surface area contributed by atoms with Crippen molar-refractivity contribution >= 4 is 0 Å². The molecular weight excluding hydrogens is 323 g/mol. The molecule has 2 heterocycles. The van der Waals surface area contributed by atoms with Gasteiger partial charge in [-0.15, -0.1) is 0 Å². The molecule has 0 aromatic rings. The van der Waals surface area contributed by atoms with Gasteiger partial charge in [0.15, 0.2) is 0 Å². The van der Waals surface area contributed by atoms with Crippen LogP contribution in [-0.4, -0.2) is 55.2 Å². The van der Waals surface area contributed by atoms with E-state index in [0.29, 0.717) is 16.7 Å². The molecule has 0 bridgehead atoms. The number of piperidine rings is 2. The van der Waals surface area contributed by atoms with Gasteiger partial charge in [0.1, 0.15) is 5.67 Å². The van der Waals surface area contributed by atoms with Gasteiger partial charge in [-0.25, -0.2) is 4.39 Å². The number of likely N-dealkylation sites (tertiary alicyclic amines) is 2. The van der Waals surface area contributed by atoms with Gasteiger partial charge in [-0.05, 0) is 120 Å². The van der Waals surface area contributed by atoms with E-state index in [4.69, 9.17) is 0 Å². The van der Waals surface area contributed by atoms with E-state index in [-0.39, 0.29) is 0 Å². The van der Waals surface area contributed by atoms with E-state index < -0.39 is 5.67 Å². The first-order valence-electron chi connectivity index (χ1n) is 11.4. The summed E-state index contributed by atoms with van der Waals surface area (Å²) in [5.74, 6) is 1.46. The summed E-state index contributed by atoms with van der Waals surface area (Å²) in [6, 6.07) is 0. The number of hydrogen-bond acceptors (Lipinski definition) is 2. The summed E-state index contributed by atoms with van der Waals surface area (Å²) in [5, 5.41) is 0. The molecule has 2 aliphatic carbocycles. The van der Waals surface area contributed by atoms with Crippen molar-refractivity contribution < 1.29 is 4.39 Å². The van der Waals surface area contributed by atoms with Crippen LogP contribution in [0.2, 0.25) is 0 Å². The van der Waals surface area contributed by atoms with Crippen LogP contribution in [-0.2, 0) is 0 Å². The third-order valence-electron chi connectivity index (χ3n) is 8.15. The fraction of sp³-hybridized carbons (Fsp3) is 1.00. The molecule has 26 heavy (non-hydrogen) atoms. The molecule has 4 aliphatic rings. The van der Waals surface area contributed by atoms with E-state index in [0.717, 1.165) is 25.2 Å². The van der Waals surface area contributed by atoms with Gasteiger partial charge in [0, 0.05) is 6.54 Å². The minimum Gasteiger partial charge on any atom is -0.306 e. The monoisotopic (exact) mass is 364 g/mol. The Morgan fingerprint density at radius 2 is 1.58 bits per heavy atom. The Hall–Kier alpha value is -0.150. The predicted octanol–water partition coefficient (Wildman–Crippen LogP) is 5.13. The fourth-order valence-electron chi connectivity index (χ4n) is 6.70. The maximum Gasteiger partial charge on any atom is 0.112 e. The lowest BCUT2D eigenvalue weighted by Crippen LogP contribution is -2.55. The molecule has 150 valence electrons. The van der Waals surface area contributed by atoms with Gasteiger partial charge in [-0.1, -0.05) is 13.8 Å². The molecule has 0 radical (unpaired) electrons. The lowest BCUT2D eigenvalue weighted by molar-refractivity contribution is -0.114. The molecule has 2 saturated carbocycles. The number of halogens is 1. The highest BCUT2D eigenvalue weighted by Gasteiger charge is 2.56. The molecule has 2 nitrogen and oxygen atoms in total. The van der Waals surface area contributed by atoms with Gasteiger partial charge in [-0.2, -0.15) is 0 Å². The molecule has 4 rings (SSSR count). The Balaban J connectivity index is 1.21. The third kappa shape index (κ3) is 4.29. The Bertz CT molecular complexity index is 474. The Kier molecular flexibility index (Phi) is 5.18. The summed E-state index contributed by atoms with van der Waals surface area (Å²) in [6.45, 7) is 10.8. The van der Waals surface area contributed by atoms with Crippen molar-refractivity contribution in [3.63, 3.8) is 0 Å². The van der Waals surface area contributed by atoms with E-state index in [1.165, 1.54) is 77.7 Å². The van der Waals surface area contributed by atoms with Crippen LogP contribution in [0.5, 0.6) is 0 Å². The van der Waals surface area contributed by atoms with Crippen molar-refractivity contribution in [2.24, 2.45) is 22.7 Å².